The molecule has 2 amide bonds. The summed E-state index contributed by atoms with van der Waals surface area (Å²) in [4.78, 5) is 26.8. The SMILES string of the molecule is CC(=O)N1CCC(C(=O)N(CC(F)F)c2cccc(Cl)c2)CC1. The molecule has 4 nitrogen and oxygen atoms in total. The Morgan fingerprint density at radius 1 is 1.35 bits per heavy atom. The molecule has 0 radical (unpaired) electrons. The smallest absolute Gasteiger partial charge is 0.256 e. The van der Waals surface area contributed by atoms with Crippen molar-refractivity contribution in [2.24, 2.45) is 5.92 Å². The summed E-state index contributed by atoms with van der Waals surface area (Å²) in [7, 11) is 0. The van der Waals surface area contributed by atoms with Crippen LogP contribution in [0.25, 0.3) is 0 Å². The van der Waals surface area contributed by atoms with E-state index in [9.17, 15) is 18.4 Å². The van der Waals surface area contributed by atoms with Crippen molar-refractivity contribution in [1.29, 1.82) is 0 Å². The molecule has 7 heteroatoms. The molecule has 1 aromatic carbocycles. The summed E-state index contributed by atoms with van der Waals surface area (Å²) >= 11 is 5.90. The van der Waals surface area contributed by atoms with Gasteiger partial charge in [0.25, 0.3) is 6.43 Å². The standard InChI is InChI=1S/C16H19ClF2N2O2/c1-11(22)20-7-5-12(6-8-20)16(23)21(10-15(18)19)14-4-2-3-13(17)9-14/h2-4,9,12,15H,5-8,10H2,1H3. The van der Waals surface area contributed by atoms with Gasteiger partial charge in [-0.15, -0.1) is 0 Å². The highest BCUT2D eigenvalue weighted by Crippen LogP contribution is 2.26. The van der Waals surface area contributed by atoms with Crippen LogP contribution in [0.15, 0.2) is 24.3 Å². The summed E-state index contributed by atoms with van der Waals surface area (Å²) < 4.78 is 25.8. The maximum absolute atomic E-state index is 12.9. The van der Waals surface area contributed by atoms with Crippen molar-refractivity contribution in [3.63, 3.8) is 0 Å². The molecule has 2 rings (SSSR count). The maximum atomic E-state index is 12.9. The monoisotopic (exact) mass is 344 g/mol. The molecule has 126 valence electrons. The van der Waals surface area contributed by atoms with E-state index in [0.29, 0.717) is 36.6 Å². The lowest BCUT2D eigenvalue weighted by atomic mass is 9.95. The third-order valence-electron chi connectivity index (χ3n) is 4.00. The van der Waals surface area contributed by atoms with Gasteiger partial charge in [0.05, 0.1) is 6.54 Å². The van der Waals surface area contributed by atoms with E-state index in [0.717, 1.165) is 4.90 Å². The predicted octanol–water partition coefficient (Wildman–Crippen LogP) is 3.20. The van der Waals surface area contributed by atoms with Crippen LogP contribution >= 0.6 is 11.6 Å². The molecule has 23 heavy (non-hydrogen) atoms. The normalized spacial score (nSPS) is 15.8. The number of likely N-dealkylation sites (tertiary alicyclic amines) is 1. The number of amides is 2. The van der Waals surface area contributed by atoms with E-state index in [4.69, 9.17) is 11.6 Å². The van der Waals surface area contributed by atoms with E-state index in [-0.39, 0.29) is 17.7 Å². The predicted molar refractivity (Wildman–Crippen MR) is 84.8 cm³/mol. The lowest BCUT2D eigenvalue weighted by Crippen LogP contribution is -2.45. The van der Waals surface area contributed by atoms with Gasteiger partial charge in [0.1, 0.15) is 0 Å². The summed E-state index contributed by atoms with van der Waals surface area (Å²) in [6, 6.07) is 6.35. The Bertz CT molecular complexity index is 575. The first-order valence-electron chi connectivity index (χ1n) is 7.49. The van der Waals surface area contributed by atoms with Crippen LogP contribution in [0, 0.1) is 5.92 Å². The zero-order valence-corrected chi connectivity index (χ0v) is 13.6. The van der Waals surface area contributed by atoms with Gasteiger partial charge in [0.15, 0.2) is 0 Å². The van der Waals surface area contributed by atoms with Gasteiger partial charge in [-0.2, -0.15) is 0 Å². The largest absolute Gasteiger partial charge is 0.343 e. The minimum absolute atomic E-state index is 0.0322. The first kappa shape index (κ1) is 17.7. The summed E-state index contributed by atoms with van der Waals surface area (Å²) in [5.74, 6) is -0.728. The van der Waals surface area contributed by atoms with Gasteiger partial charge >= 0.3 is 0 Å². The van der Waals surface area contributed by atoms with Crippen LogP contribution in [0.4, 0.5) is 14.5 Å². The number of carbonyl (C=O) groups is 2. The first-order valence-corrected chi connectivity index (χ1v) is 7.87. The topological polar surface area (TPSA) is 40.6 Å². The molecular formula is C16H19ClF2N2O2. The fourth-order valence-electron chi connectivity index (χ4n) is 2.77. The quantitative estimate of drug-likeness (QED) is 0.841. The lowest BCUT2D eigenvalue weighted by molar-refractivity contribution is -0.133. The van der Waals surface area contributed by atoms with Gasteiger partial charge in [-0.25, -0.2) is 8.78 Å². The van der Waals surface area contributed by atoms with E-state index in [1.807, 2.05) is 0 Å². The van der Waals surface area contributed by atoms with Gasteiger partial charge in [-0.05, 0) is 31.0 Å². The lowest BCUT2D eigenvalue weighted by Gasteiger charge is -2.33. The Morgan fingerprint density at radius 3 is 2.52 bits per heavy atom. The first-order chi connectivity index (χ1) is 10.9. The van der Waals surface area contributed by atoms with Crippen molar-refractivity contribution >= 4 is 29.1 Å². The molecular weight excluding hydrogens is 326 g/mol. The molecule has 0 N–H and O–H groups in total. The molecule has 1 heterocycles. The molecule has 1 fully saturated rings. The van der Waals surface area contributed by atoms with Gasteiger partial charge < -0.3 is 9.80 Å². The summed E-state index contributed by atoms with van der Waals surface area (Å²) in [6.07, 6.45) is -1.66. The molecule has 0 unspecified atom stereocenters. The average Bonchev–Trinajstić information content (AvgIpc) is 2.52. The highest BCUT2D eigenvalue weighted by Gasteiger charge is 2.31. The molecule has 0 saturated carbocycles. The Balaban J connectivity index is 2.13. The van der Waals surface area contributed by atoms with E-state index in [1.165, 1.54) is 13.0 Å². The van der Waals surface area contributed by atoms with Crippen molar-refractivity contribution in [3.8, 4) is 0 Å². The Morgan fingerprint density at radius 2 is 2.00 bits per heavy atom. The molecule has 1 aromatic rings. The van der Waals surface area contributed by atoms with Crippen molar-refractivity contribution in [1.82, 2.24) is 4.90 Å². The zero-order valence-electron chi connectivity index (χ0n) is 12.8. The van der Waals surface area contributed by atoms with Gasteiger partial charge in [0.2, 0.25) is 11.8 Å². The number of alkyl halides is 2. The number of benzene rings is 1. The Kier molecular flexibility index (Phi) is 5.93. The van der Waals surface area contributed by atoms with Crippen molar-refractivity contribution in [2.45, 2.75) is 26.2 Å². The Labute approximate surface area is 139 Å². The van der Waals surface area contributed by atoms with Crippen molar-refractivity contribution in [2.75, 3.05) is 24.5 Å². The Hall–Kier alpha value is -1.69. The van der Waals surface area contributed by atoms with Crippen LogP contribution in [0.3, 0.4) is 0 Å². The highest BCUT2D eigenvalue weighted by molar-refractivity contribution is 6.30. The third kappa shape index (κ3) is 4.64. The van der Waals surface area contributed by atoms with Crippen molar-refractivity contribution < 1.29 is 18.4 Å². The minimum Gasteiger partial charge on any atom is -0.343 e. The van der Waals surface area contributed by atoms with Crippen LogP contribution in [0.1, 0.15) is 19.8 Å². The molecule has 0 aliphatic carbocycles. The number of nitrogens with zero attached hydrogens (tertiary/aromatic N) is 2. The minimum atomic E-state index is -2.63. The van der Waals surface area contributed by atoms with Crippen LogP contribution in [0.5, 0.6) is 0 Å². The van der Waals surface area contributed by atoms with E-state index < -0.39 is 13.0 Å². The number of hydrogen-bond acceptors (Lipinski definition) is 2. The molecule has 1 saturated heterocycles. The zero-order chi connectivity index (χ0) is 17.0. The summed E-state index contributed by atoms with van der Waals surface area (Å²) in [5, 5.41) is 0.390. The molecule has 0 spiro atoms. The third-order valence-corrected chi connectivity index (χ3v) is 4.23. The molecule has 1 aliphatic heterocycles. The average molecular weight is 345 g/mol. The molecule has 0 bridgehead atoms. The van der Waals surface area contributed by atoms with Crippen molar-refractivity contribution in [3.05, 3.63) is 29.3 Å². The fraction of sp³-hybridized carbons (Fsp3) is 0.500. The number of halogens is 3. The summed E-state index contributed by atoms with van der Waals surface area (Å²) in [5.41, 5.74) is 0.372. The number of piperidine rings is 1. The van der Waals surface area contributed by atoms with E-state index in [1.54, 1.807) is 23.1 Å². The number of hydrogen-bond donors (Lipinski definition) is 0. The maximum Gasteiger partial charge on any atom is 0.256 e. The van der Waals surface area contributed by atoms with E-state index >= 15 is 0 Å². The van der Waals surface area contributed by atoms with Crippen LogP contribution in [-0.4, -0.2) is 42.8 Å². The second kappa shape index (κ2) is 7.73. The molecule has 0 aromatic heterocycles. The van der Waals surface area contributed by atoms with Crippen LogP contribution in [0.2, 0.25) is 5.02 Å². The van der Waals surface area contributed by atoms with Gasteiger partial charge in [-0.1, -0.05) is 17.7 Å². The van der Waals surface area contributed by atoms with Gasteiger partial charge in [0, 0.05) is 36.6 Å². The number of carbonyl (C=O) groups excluding carboxylic acids is 2. The van der Waals surface area contributed by atoms with Crippen LogP contribution in [-0.2, 0) is 9.59 Å². The fourth-order valence-corrected chi connectivity index (χ4v) is 2.95. The molecule has 0 atom stereocenters. The highest BCUT2D eigenvalue weighted by atomic mass is 35.5. The van der Waals surface area contributed by atoms with Gasteiger partial charge in [-0.3, -0.25) is 9.59 Å². The van der Waals surface area contributed by atoms with E-state index in [2.05, 4.69) is 0 Å². The second-order valence-electron chi connectivity index (χ2n) is 5.60. The summed E-state index contributed by atoms with van der Waals surface area (Å²) in [6.45, 7) is 1.77. The molecule has 1 aliphatic rings. The number of rotatable bonds is 4. The second-order valence-corrected chi connectivity index (χ2v) is 6.04. The van der Waals surface area contributed by atoms with Crippen LogP contribution < -0.4 is 4.90 Å². The number of anilines is 1.